The summed E-state index contributed by atoms with van der Waals surface area (Å²) < 4.78 is 6.35. The second-order valence-electron chi connectivity index (χ2n) is 6.98. The number of nitrogens with zero attached hydrogens (tertiary/aromatic N) is 2. The summed E-state index contributed by atoms with van der Waals surface area (Å²) in [6, 6.07) is 21.3. The zero-order chi connectivity index (χ0) is 17.8. The number of aryl methyl sites for hydroxylation is 1. The molecule has 1 aliphatic rings. The van der Waals surface area contributed by atoms with Crippen molar-refractivity contribution in [3.63, 3.8) is 0 Å². The average Bonchev–Trinajstić information content (AvgIpc) is 3.16. The largest absolute Gasteiger partial charge is 0.454 e. The topological polar surface area (TPSA) is 19.6 Å². The summed E-state index contributed by atoms with van der Waals surface area (Å²) in [4.78, 5) is 4.87. The summed E-state index contributed by atoms with van der Waals surface area (Å²) in [5, 5.41) is 2.36. The lowest BCUT2D eigenvalue weighted by atomic mass is 10.1. The van der Waals surface area contributed by atoms with Crippen LogP contribution in [0.4, 0.5) is 17.1 Å². The summed E-state index contributed by atoms with van der Waals surface area (Å²) in [6.07, 6.45) is 0.245. The first kappa shape index (κ1) is 15.3. The van der Waals surface area contributed by atoms with E-state index in [1.54, 1.807) is 0 Å². The van der Waals surface area contributed by atoms with Gasteiger partial charge in [0.05, 0.1) is 17.1 Å². The number of hydrogen-bond acceptors (Lipinski definition) is 3. The molecule has 3 heteroatoms. The van der Waals surface area contributed by atoms with Crippen molar-refractivity contribution in [2.45, 2.75) is 26.9 Å². The molecule has 0 amide bonds. The summed E-state index contributed by atoms with van der Waals surface area (Å²) in [7, 11) is 0. The van der Waals surface area contributed by atoms with Crippen LogP contribution in [0, 0.1) is 6.92 Å². The lowest BCUT2D eigenvalue weighted by molar-refractivity contribution is 0.655. The standard InChI is InChI=1S/C23H22N2O/c1-4-24-16(3)25(20-11-7-6-10-19(20)24)22-15(2)13-14-18-17-9-5-8-12-21(17)26-23(18)22/h5-14,16H,4H2,1-3H3/t16-/m1/s1. The smallest absolute Gasteiger partial charge is 0.159 e. The Hall–Kier alpha value is -2.94. The molecule has 2 heterocycles. The molecular formula is C23H22N2O. The maximum Gasteiger partial charge on any atom is 0.159 e. The summed E-state index contributed by atoms with van der Waals surface area (Å²) in [5.41, 5.74) is 6.87. The number of rotatable bonds is 2. The van der Waals surface area contributed by atoms with Gasteiger partial charge in [0, 0.05) is 17.3 Å². The highest BCUT2D eigenvalue weighted by Gasteiger charge is 2.35. The molecule has 5 rings (SSSR count). The fourth-order valence-electron chi connectivity index (χ4n) is 4.37. The van der Waals surface area contributed by atoms with Gasteiger partial charge >= 0.3 is 0 Å². The molecular weight excluding hydrogens is 320 g/mol. The molecule has 3 aromatic carbocycles. The van der Waals surface area contributed by atoms with Crippen LogP contribution in [-0.4, -0.2) is 12.7 Å². The number of anilines is 3. The van der Waals surface area contributed by atoms with Crippen LogP contribution < -0.4 is 9.80 Å². The van der Waals surface area contributed by atoms with Crippen LogP contribution in [0.2, 0.25) is 0 Å². The highest BCUT2D eigenvalue weighted by molar-refractivity contribution is 6.10. The summed E-state index contributed by atoms with van der Waals surface area (Å²) in [5.74, 6) is 0. The molecule has 0 aliphatic carbocycles. The van der Waals surface area contributed by atoms with E-state index in [2.05, 4.69) is 79.1 Å². The highest BCUT2D eigenvalue weighted by Crippen LogP contribution is 2.48. The molecule has 26 heavy (non-hydrogen) atoms. The normalized spacial score (nSPS) is 16.7. The molecule has 0 N–H and O–H groups in total. The first-order valence-electron chi connectivity index (χ1n) is 9.26. The van der Waals surface area contributed by atoms with E-state index >= 15 is 0 Å². The first-order chi connectivity index (χ1) is 12.7. The Labute approximate surface area is 153 Å². The van der Waals surface area contributed by atoms with E-state index in [4.69, 9.17) is 4.42 Å². The molecule has 1 aromatic heterocycles. The Morgan fingerprint density at radius 3 is 2.42 bits per heavy atom. The maximum atomic E-state index is 6.35. The van der Waals surface area contributed by atoms with Gasteiger partial charge in [-0.1, -0.05) is 42.5 Å². The minimum Gasteiger partial charge on any atom is -0.454 e. The molecule has 0 bridgehead atoms. The van der Waals surface area contributed by atoms with Gasteiger partial charge in [-0.25, -0.2) is 0 Å². The van der Waals surface area contributed by atoms with Gasteiger partial charge in [-0.2, -0.15) is 0 Å². The van der Waals surface area contributed by atoms with Crippen LogP contribution in [0.5, 0.6) is 0 Å². The Bertz CT molecular complexity index is 1130. The Morgan fingerprint density at radius 2 is 1.62 bits per heavy atom. The molecule has 0 unspecified atom stereocenters. The number of fused-ring (bicyclic) bond motifs is 4. The van der Waals surface area contributed by atoms with Gasteiger partial charge in [0.15, 0.2) is 5.58 Å². The molecule has 0 fully saturated rings. The van der Waals surface area contributed by atoms with Crippen LogP contribution in [0.25, 0.3) is 21.9 Å². The van der Waals surface area contributed by atoms with Gasteiger partial charge in [-0.05, 0) is 44.5 Å². The molecule has 0 saturated carbocycles. The summed E-state index contributed by atoms with van der Waals surface area (Å²) >= 11 is 0. The zero-order valence-corrected chi connectivity index (χ0v) is 15.4. The Kier molecular flexibility index (Phi) is 3.26. The van der Waals surface area contributed by atoms with Crippen molar-refractivity contribution < 1.29 is 4.42 Å². The van der Waals surface area contributed by atoms with Crippen molar-refractivity contribution in [1.29, 1.82) is 0 Å². The Balaban J connectivity index is 1.83. The minimum atomic E-state index is 0.245. The number of para-hydroxylation sites is 3. The van der Waals surface area contributed by atoms with Gasteiger partial charge in [0.25, 0.3) is 0 Å². The number of benzene rings is 3. The van der Waals surface area contributed by atoms with Crippen LogP contribution in [0.1, 0.15) is 19.4 Å². The van der Waals surface area contributed by atoms with Crippen LogP contribution >= 0.6 is 0 Å². The van der Waals surface area contributed by atoms with E-state index < -0.39 is 0 Å². The van der Waals surface area contributed by atoms with E-state index in [0.717, 1.165) is 17.7 Å². The van der Waals surface area contributed by atoms with Crippen LogP contribution in [-0.2, 0) is 0 Å². The predicted octanol–water partition coefficient (Wildman–Crippen LogP) is 6.22. The number of hydrogen-bond donors (Lipinski definition) is 0. The molecule has 3 nitrogen and oxygen atoms in total. The van der Waals surface area contributed by atoms with E-state index in [0.29, 0.717) is 0 Å². The quantitative estimate of drug-likeness (QED) is 0.431. The maximum absolute atomic E-state index is 6.35. The van der Waals surface area contributed by atoms with Gasteiger partial charge in [-0.3, -0.25) is 0 Å². The molecule has 0 saturated heterocycles. The van der Waals surface area contributed by atoms with E-state index in [1.807, 2.05) is 12.1 Å². The highest BCUT2D eigenvalue weighted by atomic mass is 16.3. The van der Waals surface area contributed by atoms with Gasteiger partial charge in [-0.15, -0.1) is 0 Å². The van der Waals surface area contributed by atoms with Gasteiger partial charge in [0.2, 0.25) is 0 Å². The van der Waals surface area contributed by atoms with Crippen LogP contribution in [0.15, 0.2) is 65.1 Å². The third kappa shape index (κ3) is 1.94. The lowest BCUT2D eigenvalue weighted by Gasteiger charge is -2.30. The molecule has 1 aliphatic heterocycles. The molecule has 0 radical (unpaired) electrons. The summed E-state index contributed by atoms with van der Waals surface area (Å²) in [6.45, 7) is 7.63. The lowest BCUT2D eigenvalue weighted by Crippen LogP contribution is -2.38. The van der Waals surface area contributed by atoms with E-state index in [1.165, 1.54) is 33.4 Å². The minimum absolute atomic E-state index is 0.245. The van der Waals surface area contributed by atoms with Crippen LogP contribution in [0.3, 0.4) is 0 Å². The van der Waals surface area contributed by atoms with Gasteiger partial charge < -0.3 is 14.2 Å². The average molecular weight is 342 g/mol. The third-order valence-corrected chi connectivity index (χ3v) is 5.58. The second-order valence-corrected chi connectivity index (χ2v) is 6.98. The van der Waals surface area contributed by atoms with E-state index in [-0.39, 0.29) is 6.17 Å². The zero-order valence-electron chi connectivity index (χ0n) is 15.4. The number of furan rings is 1. The first-order valence-corrected chi connectivity index (χ1v) is 9.26. The Morgan fingerprint density at radius 1 is 0.885 bits per heavy atom. The van der Waals surface area contributed by atoms with E-state index in [9.17, 15) is 0 Å². The fourth-order valence-corrected chi connectivity index (χ4v) is 4.37. The molecule has 0 spiro atoms. The second kappa shape index (κ2) is 5.53. The SMILES string of the molecule is CCN1c2ccccc2N(c2c(C)ccc3c2oc2ccccc23)[C@@H]1C. The van der Waals surface area contributed by atoms with Crippen molar-refractivity contribution in [3.05, 3.63) is 66.2 Å². The van der Waals surface area contributed by atoms with Crippen molar-refractivity contribution in [1.82, 2.24) is 0 Å². The van der Waals surface area contributed by atoms with Crippen molar-refractivity contribution in [2.75, 3.05) is 16.3 Å². The van der Waals surface area contributed by atoms with Crippen molar-refractivity contribution in [2.24, 2.45) is 0 Å². The predicted molar refractivity (Wildman–Crippen MR) is 110 cm³/mol. The third-order valence-electron chi connectivity index (χ3n) is 5.58. The molecule has 4 aromatic rings. The fraction of sp³-hybridized carbons (Fsp3) is 0.217. The van der Waals surface area contributed by atoms with Gasteiger partial charge in [0.1, 0.15) is 11.7 Å². The monoisotopic (exact) mass is 342 g/mol. The van der Waals surface area contributed by atoms with Crippen molar-refractivity contribution in [3.8, 4) is 0 Å². The van der Waals surface area contributed by atoms with Crippen molar-refractivity contribution >= 4 is 39.0 Å². The molecule has 1 atom stereocenters. The molecule has 130 valence electrons.